The van der Waals surface area contributed by atoms with E-state index in [-0.39, 0.29) is 12.5 Å². The quantitative estimate of drug-likeness (QED) is 0.608. The number of esters is 1. The first kappa shape index (κ1) is 23.6. The predicted molar refractivity (Wildman–Crippen MR) is 122 cm³/mol. The average Bonchev–Trinajstić information content (AvgIpc) is 3.29. The molecule has 2 amide bonds. The highest BCUT2D eigenvalue weighted by molar-refractivity contribution is 6.30. The van der Waals surface area contributed by atoms with Crippen molar-refractivity contribution in [1.29, 1.82) is 0 Å². The molecule has 0 aliphatic heterocycles. The van der Waals surface area contributed by atoms with E-state index in [9.17, 15) is 14.4 Å². The number of amides is 2. The summed E-state index contributed by atoms with van der Waals surface area (Å²) in [5.74, 6) is -0.627. The van der Waals surface area contributed by atoms with Crippen molar-refractivity contribution < 1.29 is 23.9 Å². The number of likely N-dealkylation sites (N-methyl/N-ethyl adjacent to an activating group) is 1. The van der Waals surface area contributed by atoms with Gasteiger partial charge in [0.1, 0.15) is 5.75 Å². The standard InChI is InChI=1S/C24H27ClN2O5/c1-27(15-21(28)26-19-6-5-7-20(14-19)31-2)22(29)16-32-23(30)24(12-3-4-13-24)17-8-10-18(25)11-9-17/h5-11,14H,3-4,12-13,15-16H2,1-2H3,(H,26,28). The largest absolute Gasteiger partial charge is 0.497 e. The van der Waals surface area contributed by atoms with Crippen molar-refractivity contribution >= 4 is 35.1 Å². The summed E-state index contributed by atoms with van der Waals surface area (Å²) in [5.41, 5.74) is 0.656. The zero-order chi connectivity index (χ0) is 23.1. The molecule has 1 aliphatic carbocycles. The molecular weight excluding hydrogens is 432 g/mol. The van der Waals surface area contributed by atoms with E-state index in [0.717, 1.165) is 18.4 Å². The Labute approximate surface area is 192 Å². The van der Waals surface area contributed by atoms with Gasteiger partial charge in [-0.2, -0.15) is 0 Å². The smallest absolute Gasteiger partial charge is 0.317 e. The van der Waals surface area contributed by atoms with E-state index in [1.54, 1.807) is 36.4 Å². The molecule has 0 saturated heterocycles. The van der Waals surface area contributed by atoms with E-state index >= 15 is 0 Å². The van der Waals surface area contributed by atoms with Gasteiger partial charge >= 0.3 is 5.97 Å². The van der Waals surface area contributed by atoms with Crippen LogP contribution in [-0.4, -0.2) is 50.0 Å². The number of nitrogens with one attached hydrogen (secondary N) is 1. The maximum atomic E-state index is 13.0. The van der Waals surface area contributed by atoms with E-state index in [2.05, 4.69) is 5.32 Å². The molecule has 0 aromatic heterocycles. The summed E-state index contributed by atoms with van der Waals surface area (Å²) in [5, 5.41) is 3.31. The second-order valence-electron chi connectivity index (χ2n) is 7.90. The van der Waals surface area contributed by atoms with Gasteiger partial charge < -0.3 is 19.7 Å². The fourth-order valence-corrected chi connectivity index (χ4v) is 4.06. The zero-order valence-corrected chi connectivity index (χ0v) is 19.0. The summed E-state index contributed by atoms with van der Waals surface area (Å²) in [6, 6.07) is 14.1. The molecule has 0 atom stereocenters. The molecule has 1 aliphatic rings. The lowest BCUT2D eigenvalue weighted by Gasteiger charge is -2.27. The summed E-state index contributed by atoms with van der Waals surface area (Å²) >= 11 is 5.98. The highest BCUT2D eigenvalue weighted by Gasteiger charge is 2.44. The molecule has 32 heavy (non-hydrogen) atoms. The average molecular weight is 459 g/mol. The van der Waals surface area contributed by atoms with E-state index in [4.69, 9.17) is 21.1 Å². The predicted octanol–water partition coefficient (Wildman–Crippen LogP) is 3.80. The van der Waals surface area contributed by atoms with Crippen molar-refractivity contribution in [3.05, 3.63) is 59.1 Å². The highest BCUT2D eigenvalue weighted by atomic mass is 35.5. The number of hydrogen-bond acceptors (Lipinski definition) is 5. The molecule has 7 nitrogen and oxygen atoms in total. The van der Waals surface area contributed by atoms with Crippen LogP contribution in [0.5, 0.6) is 5.75 Å². The van der Waals surface area contributed by atoms with Crippen LogP contribution in [0, 0.1) is 0 Å². The number of rotatable bonds is 8. The van der Waals surface area contributed by atoms with Crippen LogP contribution in [0.15, 0.2) is 48.5 Å². The molecule has 3 rings (SSSR count). The first-order valence-corrected chi connectivity index (χ1v) is 10.8. The van der Waals surface area contributed by atoms with Gasteiger partial charge in [0.2, 0.25) is 5.91 Å². The number of carbonyl (C=O) groups excluding carboxylic acids is 3. The minimum Gasteiger partial charge on any atom is -0.497 e. The summed E-state index contributed by atoms with van der Waals surface area (Å²) in [6.07, 6.45) is 3.16. The Hall–Kier alpha value is -3.06. The Morgan fingerprint density at radius 1 is 1.09 bits per heavy atom. The number of hydrogen-bond donors (Lipinski definition) is 1. The molecular formula is C24H27ClN2O5. The van der Waals surface area contributed by atoms with Crippen LogP contribution in [-0.2, 0) is 24.5 Å². The van der Waals surface area contributed by atoms with Crippen LogP contribution in [0.4, 0.5) is 5.69 Å². The molecule has 1 saturated carbocycles. The van der Waals surface area contributed by atoms with Crippen molar-refractivity contribution in [2.75, 3.05) is 32.6 Å². The third-order valence-corrected chi connectivity index (χ3v) is 5.98. The molecule has 0 radical (unpaired) electrons. The van der Waals surface area contributed by atoms with Gasteiger partial charge in [-0.05, 0) is 42.7 Å². The third-order valence-electron chi connectivity index (χ3n) is 5.73. The Morgan fingerprint density at radius 2 is 1.78 bits per heavy atom. The van der Waals surface area contributed by atoms with Gasteiger partial charge in [-0.15, -0.1) is 0 Å². The van der Waals surface area contributed by atoms with Crippen LogP contribution in [0.1, 0.15) is 31.2 Å². The van der Waals surface area contributed by atoms with Crippen molar-refractivity contribution in [2.24, 2.45) is 0 Å². The Kier molecular flexibility index (Phi) is 7.75. The molecule has 2 aromatic rings. The number of carbonyl (C=O) groups is 3. The Morgan fingerprint density at radius 3 is 2.44 bits per heavy atom. The van der Waals surface area contributed by atoms with Gasteiger partial charge in [-0.3, -0.25) is 14.4 Å². The third kappa shape index (κ3) is 5.59. The number of ether oxygens (including phenoxy) is 2. The number of methoxy groups -OCH3 is 1. The lowest BCUT2D eigenvalue weighted by Crippen LogP contribution is -2.40. The van der Waals surface area contributed by atoms with Gasteiger partial charge in [-0.1, -0.05) is 42.6 Å². The molecule has 8 heteroatoms. The molecule has 0 unspecified atom stereocenters. The highest BCUT2D eigenvalue weighted by Crippen LogP contribution is 2.42. The van der Waals surface area contributed by atoms with Crippen LogP contribution < -0.4 is 10.1 Å². The maximum absolute atomic E-state index is 13.0. The van der Waals surface area contributed by atoms with Gasteiger partial charge in [0.05, 0.1) is 19.1 Å². The normalized spacial score (nSPS) is 14.5. The molecule has 1 fully saturated rings. The molecule has 0 heterocycles. The van der Waals surface area contributed by atoms with Crippen LogP contribution in [0.2, 0.25) is 5.02 Å². The molecule has 0 bridgehead atoms. The fraction of sp³-hybridized carbons (Fsp3) is 0.375. The van der Waals surface area contributed by atoms with Gasteiger partial charge in [0.15, 0.2) is 6.61 Å². The van der Waals surface area contributed by atoms with Crippen LogP contribution in [0.25, 0.3) is 0 Å². The summed E-state index contributed by atoms with van der Waals surface area (Å²) in [7, 11) is 3.03. The zero-order valence-electron chi connectivity index (χ0n) is 18.2. The minimum absolute atomic E-state index is 0.171. The second kappa shape index (κ2) is 10.5. The van der Waals surface area contributed by atoms with Gasteiger partial charge in [0, 0.05) is 23.8 Å². The SMILES string of the molecule is COc1cccc(NC(=O)CN(C)C(=O)COC(=O)C2(c3ccc(Cl)cc3)CCCC2)c1. The molecule has 1 N–H and O–H groups in total. The number of halogens is 1. The molecule has 0 spiro atoms. The van der Waals surface area contributed by atoms with Crippen molar-refractivity contribution in [3.63, 3.8) is 0 Å². The van der Waals surface area contributed by atoms with E-state index < -0.39 is 23.9 Å². The van der Waals surface area contributed by atoms with Crippen molar-refractivity contribution in [3.8, 4) is 5.75 Å². The lowest BCUT2D eigenvalue weighted by atomic mass is 9.79. The number of nitrogens with zero attached hydrogens (tertiary/aromatic N) is 1. The van der Waals surface area contributed by atoms with Gasteiger partial charge in [-0.25, -0.2) is 0 Å². The Balaban J connectivity index is 1.54. The summed E-state index contributed by atoms with van der Waals surface area (Å²) in [4.78, 5) is 39.0. The van der Waals surface area contributed by atoms with E-state index in [1.807, 2.05) is 12.1 Å². The van der Waals surface area contributed by atoms with Crippen molar-refractivity contribution in [1.82, 2.24) is 4.90 Å². The van der Waals surface area contributed by atoms with Crippen molar-refractivity contribution in [2.45, 2.75) is 31.1 Å². The van der Waals surface area contributed by atoms with Crippen LogP contribution >= 0.6 is 11.6 Å². The summed E-state index contributed by atoms with van der Waals surface area (Å²) < 4.78 is 10.5. The van der Waals surface area contributed by atoms with E-state index in [1.165, 1.54) is 19.1 Å². The maximum Gasteiger partial charge on any atom is 0.317 e. The minimum atomic E-state index is -0.757. The molecule has 170 valence electrons. The van der Waals surface area contributed by atoms with Crippen LogP contribution in [0.3, 0.4) is 0 Å². The first-order chi connectivity index (χ1) is 15.3. The van der Waals surface area contributed by atoms with Gasteiger partial charge in [0.25, 0.3) is 5.91 Å². The lowest BCUT2D eigenvalue weighted by molar-refractivity contribution is -0.156. The first-order valence-electron chi connectivity index (χ1n) is 10.5. The second-order valence-corrected chi connectivity index (χ2v) is 8.34. The Bertz CT molecular complexity index is 971. The number of anilines is 1. The monoisotopic (exact) mass is 458 g/mol. The number of benzene rings is 2. The summed E-state index contributed by atoms with van der Waals surface area (Å²) in [6.45, 7) is -0.590. The fourth-order valence-electron chi connectivity index (χ4n) is 3.94. The molecule has 2 aromatic carbocycles. The van der Waals surface area contributed by atoms with E-state index in [0.29, 0.717) is 29.3 Å². The topological polar surface area (TPSA) is 84.9 Å².